The van der Waals surface area contributed by atoms with Crippen LogP contribution < -0.4 is 9.47 Å². The molecule has 1 N–H and O–H groups in total. The topological polar surface area (TPSA) is 102 Å². The summed E-state index contributed by atoms with van der Waals surface area (Å²) in [5.41, 5.74) is 0.749. The summed E-state index contributed by atoms with van der Waals surface area (Å²) in [5, 5.41) is 11.3. The molecule has 1 aliphatic rings. The number of hydrogen-bond donors (Lipinski definition) is 1. The van der Waals surface area contributed by atoms with Crippen molar-refractivity contribution in [1.29, 1.82) is 0 Å². The fourth-order valence-corrected chi connectivity index (χ4v) is 4.78. The van der Waals surface area contributed by atoms with E-state index in [0.29, 0.717) is 29.8 Å². The number of aromatic hydroxyl groups is 1. The van der Waals surface area contributed by atoms with Crippen molar-refractivity contribution in [3.05, 3.63) is 51.5 Å². The normalized spacial score (nSPS) is 17.9. The van der Waals surface area contributed by atoms with E-state index in [9.17, 15) is 19.5 Å². The van der Waals surface area contributed by atoms with Crippen LogP contribution in [0.2, 0.25) is 0 Å². The minimum absolute atomic E-state index is 0.0672. The monoisotopic (exact) mass is 533 g/mol. The fraction of sp³-hybridized carbons (Fsp3) is 0.400. The molecule has 9 heteroatoms. The zero-order valence-corrected chi connectivity index (χ0v) is 21.2. The number of hydrogen-bond acceptors (Lipinski definition) is 8. The zero-order chi connectivity index (χ0) is 25.0. The standard InChI is InChI=1S/C25H28BrNO7/c1-14(28)34-13-18-17(8-9-27(18)2)23-21(32-3)12-22(33-4)24(25(23)31)20(30)11-19(29)15-6-5-7-16(26)10-15/h5-7,10,12,17-18,31H,8-9,11,13H2,1-4H3. The molecule has 0 radical (unpaired) electrons. The van der Waals surface area contributed by atoms with Crippen LogP contribution in [0.4, 0.5) is 0 Å². The number of methoxy groups -OCH3 is 2. The number of phenolic OH excluding ortho intramolecular Hbond substituents is 1. The van der Waals surface area contributed by atoms with Gasteiger partial charge >= 0.3 is 5.97 Å². The number of carbonyl (C=O) groups is 3. The van der Waals surface area contributed by atoms with E-state index in [1.807, 2.05) is 11.9 Å². The molecule has 0 aromatic heterocycles. The molecule has 34 heavy (non-hydrogen) atoms. The van der Waals surface area contributed by atoms with Gasteiger partial charge in [0.1, 0.15) is 29.4 Å². The number of esters is 1. The van der Waals surface area contributed by atoms with E-state index in [2.05, 4.69) is 15.9 Å². The number of halogens is 1. The maximum Gasteiger partial charge on any atom is 0.302 e. The molecule has 1 fully saturated rings. The number of likely N-dealkylation sites (N-methyl/N-ethyl adjacent to an activating group) is 1. The summed E-state index contributed by atoms with van der Waals surface area (Å²) in [4.78, 5) is 39.4. The number of carbonyl (C=O) groups excluding carboxylic acids is 3. The highest BCUT2D eigenvalue weighted by molar-refractivity contribution is 9.10. The molecule has 2 aromatic rings. The van der Waals surface area contributed by atoms with Crippen molar-refractivity contribution in [2.24, 2.45) is 0 Å². The van der Waals surface area contributed by atoms with Gasteiger partial charge in [0.05, 0.1) is 26.7 Å². The van der Waals surface area contributed by atoms with Gasteiger partial charge in [-0.2, -0.15) is 0 Å². The van der Waals surface area contributed by atoms with Gasteiger partial charge in [-0.3, -0.25) is 19.3 Å². The minimum Gasteiger partial charge on any atom is -0.507 e. The Morgan fingerprint density at radius 3 is 2.44 bits per heavy atom. The molecule has 0 saturated carbocycles. The van der Waals surface area contributed by atoms with Crippen LogP contribution >= 0.6 is 15.9 Å². The number of ether oxygens (including phenoxy) is 3. The molecule has 2 aromatic carbocycles. The number of ketones is 2. The molecule has 0 bridgehead atoms. The van der Waals surface area contributed by atoms with E-state index < -0.39 is 18.2 Å². The smallest absolute Gasteiger partial charge is 0.302 e. The molecule has 1 heterocycles. The maximum absolute atomic E-state index is 13.2. The molecule has 8 nitrogen and oxygen atoms in total. The lowest BCUT2D eigenvalue weighted by atomic mass is 9.87. The average molecular weight is 534 g/mol. The van der Waals surface area contributed by atoms with E-state index in [1.54, 1.807) is 30.3 Å². The number of phenols is 1. The van der Waals surface area contributed by atoms with Crippen LogP contribution in [0.25, 0.3) is 0 Å². The highest BCUT2D eigenvalue weighted by Crippen LogP contribution is 2.47. The third-order valence-electron chi connectivity index (χ3n) is 6.10. The molecular formula is C25H28BrNO7. The molecular weight excluding hydrogens is 506 g/mol. The van der Waals surface area contributed by atoms with Gasteiger partial charge in [0.2, 0.25) is 0 Å². The van der Waals surface area contributed by atoms with E-state index in [0.717, 1.165) is 4.47 Å². The zero-order valence-electron chi connectivity index (χ0n) is 19.6. The quantitative estimate of drug-likeness (QED) is 0.293. The van der Waals surface area contributed by atoms with Crippen LogP contribution in [0.3, 0.4) is 0 Å². The first-order valence-corrected chi connectivity index (χ1v) is 11.6. The Hall–Kier alpha value is -2.91. The van der Waals surface area contributed by atoms with Crippen molar-refractivity contribution >= 4 is 33.5 Å². The Morgan fingerprint density at radius 1 is 1.12 bits per heavy atom. The molecule has 2 unspecified atom stereocenters. The van der Waals surface area contributed by atoms with Gasteiger partial charge in [-0.1, -0.05) is 28.1 Å². The Balaban J connectivity index is 2.01. The number of Topliss-reactive ketones (excluding diaryl/α,β-unsaturated/α-hetero) is 2. The molecule has 0 spiro atoms. The van der Waals surface area contributed by atoms with Crippen LogP contribution in [0, 0.1) is 0 Å². The second kappa shape index (κ2) is 11.0. The van der Waals surface area contributed by atoms with Crippen LogP contribution in [0.1, 0.15) is 52.0 Å². The van der Waals surface area contributed by atoms with Crippen LogP contribution in [0.5, 0.6) is 17.2 Å². The number of benzene rings is 2. The first-order valence-electron chi connectivity index (χ1n) is 10.8. The first kappa shape index (κ1) is 25.7. The van der Waals surface area contributed by atoms with Gasteiger partial charge in [-0.25, -0.2) is 0 Å². The van der Waals surface area contributed by atoms with Crippen LogP contribution in [-0.4, -0.2) is 68.0 Å². The van der Waals surface area contributed by atoms with Gasteiger partial charge in [-0.15, -0.1) is 0 Å². The third kappa shape index (κ3) is 5.42. The van der Waals surface area contributed by atoms with Crippen molar-refractivity contribution in [3.8, 4) is 17.2 Å². The summed E-state index contributed by atoms with van der Waals surface area (Å²) in [6.07, 6.45) is 0.219. The van der Waals surface area contributed by atoms with Crippen molar-refractivity contribution < 1.29 is 33.7 Å². The summed E-state index contributed by atoms with van der Waals surface area (Å²) >= 11 is 3.32. The largest absolute Gasteiger partial charge is 0.507 e. The lowest BCUT2D eigenvalue weighted by Gasteiger charge is -2.27. The van der Waals surface area contributed by atoms with E-state index in [1.165, 1.54) is 21.1 Å². The van der Waals surface area contributed by atoms with E-state index in [-0.39, 0.29) is 41.4 Å². The Labute approximate surface area is 206 Å². The van der Waals surface area contributed by atoms with Crippen molar-refractivity contribution in [2.45, 2.75) is 31.7 Å². The minimum atomic E-state index is -0.564. The predicted octanol–water partition coefficient (Wildman–Crippen LogP) is 3.98. The number of nitrogens with zero attached hydrogens (tertiary/aromatic N) is 1. The van der Waals surface area contributed by atoms with Crippen molar-refractivity contribution in [2.75, 3.05) is 34.4 Å². The van der Waals surface area contributed by atoms with Gasteiger partial charge in [0, 0.05) is 34.5 Å². The van der Waals surface area contributed by atoms with E-state index >= 15 is 0 Å². The molecule has 182 valence electrons. The second-order valence-corrected chi connectivity index (χ2v) is 9.11. The van der Waals surface area contributed by atoms with Gasteiger partial charge in [-0.05, 0) is 32.1 Å². The molecule has 0 amide bonds. The summed E-state index contributed by atoms with van der Waals surface area (Å²) in [5.74, 6) is -1.41. The summed E-state index contributed by atoms with van der Waals surface area (Å²) < 4.78 is 16.9. The van der Waals surface area contributed by atoms with E-state index in [4.69, 9.17) is 14.2 Å². The molecule has 0 aliphatic carbocycles. The highest BCUT2D eigenvalue weighted by Gasteiger charge is 2.39. The maximum atomic E-state index is 13.2. The molecule has 3 rings (SSSR count). The molecule has 1 aliphatic heterocycles. The van der Waals surface area contributed by atoms with Gasteiger partial charge < -0.3 is 19.3 Å². The summed E-state index contributed by atoms with van der Waals surface area (Å²) in [7, 11) is 4.76. The predicted molar refractivity (Wildman–Crippen MR) is 129 cm³/mol. The third-order valence-corrected chi connectivity index (χ3v) is 6.60. The average Bonchev–Trinajstić information content (AvgIpc) is 3.16. The fourth-order valence-electron chi connectivity index (χ4n) is 4.38. The Bertz CT molecular complexity index is 1100. The van der Waals surface area contributed by atoms with Crippen molar-refractivity contribution in [1.82, 2.24) is 4.90 Å². The molecule has 1 saturated heterocycles. The van der Waals surface area contributed by atoms with Crippen molar-refractivity contribution in [3.63, 3.8) is 0 Å². The first-order chi connectivity index (χ1) is 16.2. The van der Waals surface area contributed by atoms with Gasteiger partial charge in [0.15, 0.2) is 11.6 Å². The Kier molecular flexibility index (Phi) is 8.33. The highest BCUT2D eigenvalue weighted by atomic mass is 79.9. The number of likely N-dealkylation sites (tertiary alicyclic amines) is 1. The van der Waals surface area contributed by atoms with Gasteiger partial charge in [0.25, 0.3) is 0 Å². The van der Waals surface area contributed by atoms with Crippen LogP contribution in [0.15, 0.2) is 34.8 Å². The summed E-state index contributed by atoms with van der Waals surface area (Å²) in [6.45, 7) is 2.18. The SMILES string of the molecule is COc1cc(OC)c(C2CCN(C)C2COC(C)=O)c(O)c1C(=O)CC(=O)c1cccc(Br)c1. The van der Waals surface area contributed by atoms with Crippen LogP contribution in [-0.2, 0) is 9.53 Å². The Morgan fingerprint density at radius 2 is 1.82 bits per heavy atom. The lowest BCUT2D eigenvalue weighted by molar-refractivity contribution is -0.142. The number of rotatable bonds is 9. The second-order valence-electron chi connectivity index (χ2n) is 8.20. The molecule has 2 atom stereocenters. The summed E-state index contributed by atoms with van der Waals surface area (Å²) in [6, 6.07) is 8.10. The lowest BCUT2D eigenvalue weighted by Crippen LogP contribution is -2.34.